The van der Waals surface area contributed by atoms with E-state index in [-0.39, 0.29) is 0 Å². The van der Waals surface area contributed by atoms with Crippen LogP contribution in [0.2, 0.25) is 0 Å². The second kappa shape index (κ2) is 6.50. The summed E-state index contributed by atoms with van der Waals surface area (Å²) in [6, 6.07) is 7.83. The monoisotopic (exact) mass is 298 g/mol. The summed E-state index contributed by atoms with van der Waals surface area (Å²) in [6.07, 6.45) is 3.38. The normalized spacial score (nSPS) is 19.2. The molecule has 1 heterocycles. The summed E-state index contributed by atoms with van der Waals surface area (Å²) in [6.45, 7) is 2.76. The van der Waals surface area contributed by atoms with Crippen LogP contribution in [0.15, 0.2) is 28.7 Å². The number of benzene rings is 1. The number of piperidine rings is 1. The van der Waals surface area contributed by atoms with Crippen molar-refractivity contribution in [2.45, 2.75) is 25.4 Å². The van der Waals surface area contributed by atoms with E-state index in [2.05, 4.69) is 26.4 Å². The molecule has 1 unspecified atom stereocenters. The molecule has 1 aliphatic heterocycles. The molecule has 1 atom stereocenters. The molecule has 0 bridgehead atoms. The molecule has 2 N–H and O–H groups in total. The maximum absolute atomic E-state index is 10.1. The van der Waals surface area contributed by atoms with Crippen LogP contribution >= 0.6 is 15.9 Å². The molecule has 0 radical (unpaired) electrons. The predicted molar refractivity (Wildman–Crippen MR) is 72.5 cm³/mol. The average molecular weight is 299 g/mol. The second-order valence-electron chi connectivity index (χ2n) is 4.48. The minimum absolute atomic E-state index is 0.450. The van der Waals surface area contributed by atoms with Crippen molar-refractivity contribution in [1.29, 1.82) is 0 Å². The van der Waals surface area contributed by atoms with Crippen LogP contribution in [0, 0.1) is 0 Å². The van der Waals surface area contributed by atoms with Gasteiger partial charge in [-0.15, -0.1) is 0 Å². The summed E-state index contributed by atoms with van der Waals surface area (Å²) in [5.74, 6) is 0. The van der Waals surface area contributed by atoms with Crippen LogP contribution in [0.1, 0.15) is 30.9 Å². The van der Waals surface area contributed by atoms with Crippen molar-refractivity contribution in [3.63, 3.8) is 0 Å². The first-order chi connectivity index (χ1) is 8.25. The Hall–Kier alpha value is -0.420. The highest BCUT2D eigenvalue weighted by Crippen LogP contribution is 2.17. The van der Waals surface area contributed by atoms with E-state index >= 15 is 0 Å². The number of aliphatic hydroxyl groups excluding tert-OH is 1. The zero-order valence-corrected chi connectivity index (χ0v) is 11.5. The molecule has 0 spiro atoms. The van der Waals surface area contributed by atoms with E-state index in [9.17, 15) is 5.11 Å². The maximum Gasteiger partial charge on any atom is 0.0928 e. The van der Waals surface area contributed by atoms with Gasteiger partial charge in [-0.2, -0.15) is 0 Å². The van der Waals surface area contributed by atoms with Crippen molar-refractivity contribution in [3.8, 4) is 0 Å². The summed E-state index contributed by atoms with van der Waals surface area (Å²) in [7, 11) is 0. The lowest BCUT2D eigenvalue weighted by molar-refractivity contribution is 0.0996. The highest BCUT2D eigenvalue weighted by atomic mass is 79.9. The number of aliphatic hydroxyl groups is 1. The molecule has 3 nitrogen and oxygen atoms in total. The number of hydrogen-bond donors (Lipinski definition) is 2. The van der Waals surface area contributed by atoms with Crippen molar-refractivity contribution in [3.05, 3.63) is 34.3 Å². The van der Waals surface area contributed by atoms with Crippen LogP contribution in [-0.4, -0.2) is 29.7 Å². The third kappa shape index (κ3) is 4.07. The topological polar surface area (TPSA) is 35.5 Å². The molecule has 17 heavy (non-hydrogen) atoms. The number of hydrazine groups is 1. The largest absolute Gasteiger partial charge is 0.387 e. The van der Waals surface area contributed by atoms with Gasteiger partial charge >= 0.3 is 0 Å². The molecule has 1 fully saturated rings. The maximum atomic E-state index is 10.1. The third-order valence-corrected chi connectivity index (χ3v) is 3.59. The van der Waals surface area contributed by atoms with Gasteiger partial charge in [0, 0.05) is 24.1 Å². The van der Waals surface area contributed by atoms with Crippen molar-refractivity contribution >= 4 is 15.9 Å². The highest BCUT2D eigenvalue weighted by Gasteiger charge is 2.12. The van der Waals surface area contributed by atoms with E-state index in [1.807, 2.05) is 24.3 Å². The summed E-state index contributed by atoms with van der Waals surface area (Å²) < 4.78 is 1.01. The molecule has 1 saturated heterocycles. The van der Waals surface area contributed by atoms with Gasteiger partial charge in [0.25, 0.3) is 0 Å². The first kappa shape index (κ1) is 13.0. The van der Waals surface area contributed by atoms with Gasteiger partial charge in [-0.05, 0) is 30.5 Å². The lowest BCUT2D eigenvalue weighted by Crippen LogP contribution is -2.43. The zero-order chi connectivity index (χ0) is 12.1. The van der Waals surface area contributed by atoms with Crippen molar-refractivity contribution in [2.24, 2.45) is 0 Å². The molecule has 1 aromatic rings. The lowest BCUT2D eigenvalue weighted by atomic mass is 10.1. The number of halogens is 1. The van der Waals surface area contributed by atoms with E-state index in [1.165, 1.54) is 19.3 Å². The van der Waals surface area contributed by atoms with Gasteiger partial charge in [0.1, 0.15) is 0 Å². The smallest absolute Gasteiger partial charge is 0.0928 e. The SMILES string of the molecule is OC(CNN1CCCCC1)c1cccc(Br)c1. The quantitative estimate of drug-likeness (QED) is 0.896. The Kier molecular flexibility index (Phi) is 4.98. The molecule has 0 saturated carbocycles. The minimum Gasteiger partial charge on any atom is -0.387 e. The molecule has 2 rings (SSSR count). The van der Waals surface area contributed by atoms with Gasteiger partial charge in [-0.25, -0.2) is 5.01 Å². The molecular formula is C13H19BrN2O. The van der Waals surface area contributed by atoms with E-state index < -0.39 is 6.10 Å². The van der Waals surface area contributed by atoms with Crippen molar-refractivity contribution in [2.75, 3.05) is 19.6 Å². The fourth-order valence-corrected chi connectivity index (χ4v) is 2.52. The summed E-state index contributed by atoms with van der Waals surface area (Å²) in [5, 5.41) is 12.3. The standard InChI is InChI=1S/C13H19BrN2O/c14-12-6-4-5-11(9-12)13(17)10-15-16-7-2-1-3-8-16/h4-6,9,13,15,17H,1-3,7-8,10H2. The van der Waals surface area contributed by atoms with E-state index in [1.54, 1.807) is 0 Å². The van der Waals surface area contributed by atoms with Gasteiger partial charge in [0.05, 0.1) is 6.10 Å². The Bertz CT molecular complexity index is 353. The Morgan fingerprint density at radius 3 is 2.76 bits per heavy atom. The number of hydrogen-bond acceptors (Lipinski definition) is 3. The molecule has 0 aromatic heterocycles. The Morgan fingerprint density at radius 1 is 1.29 bits per heavy atom. The predicted octanol–water partition coefficient (Wildman–Crippen LogP) is 2.47. The Labute approximate surface area is 111 Å². The van der Waals surface area contributed by atoms with Crippen LogP contribution in [-0.2, 0) is 0 Å². The molecular weight excluding hydrogens is 280 g/mol. The fourth-order valence-electron chi connectivity index (χ4n) is 2.10. The van der Waals surface area contributed by atoms with Crippen LogP contribution in [0.5, 0.6) is 0 Å². The van der Waals surface area contributed by atoms with Crippen LogP contribution < -0.4 is 5.43 Å². The first-order valence-electron chi connectivity index (χ1n) is 6.18. The second-order valence-corrected chi connectivity index (χ2v) is 5.40. The van der Waals surface area contributed by atoms with Gasteiger partial charge < -0.3 is 5.11 Å². The van der Waals surface area contributed by atoms with Gasteiger partial charge in [0.15, 0.2) is 0 Å². The first-order valence-corrected chi connectivity index (χ1v) is 6.97. The molecule has 4 heteroatoms. The fraction of sp³-hybridized carbons (Fsp3) is 0.538. The van der Waals surface area contributed by atoms with Crippen LogP contribution in [0.3, 0.4) is 0 Å². The summed E-state index contributed by atoms with van der Waals surface area (Å²) in [4.78, 5) is 0. The highest BCUT2D eigenvalue weighted by molar-refractivity contribution is 9.10. The lowest BCUT2D eigenvalue weighted by Gasteiger charge is -2.28. The van der Waals surface area contributed by atoms with Gasteiger partial charge in [-0.3, -0.25) is 5.43 Å². The molecule has 1 aromatic carbocycles. The number of nitrogens with one attached hydrogen (secondary N) is 1. The summed E-state index contributed by atoms with van der Waals surface area (Å²) >= 11 is 3.42. The van der Waals surface area contributed by atoms with Crippen LogP contribution in [0.4, 0.5) is 0 Å². The number of rotatable bonds is 4. The molecule has 0 aliphatic carbocycles. The minimum atomic E-state index is -0.450. The molecule has 94 valence electrons. The van der Waals surface area contributed by atoms with Gasteiger partial charge in [0.2, 0.25) is 0 Å². The average Bonchev–Trinajstić information content (AvgIpc) is 2.37. The molecule has 0 amide bonds. The van der Waals surface area contributed by atoms with Gasteiger partial charge in [-0.1, -0.05) is 34.5 Å². The van der Waals surface area contributed by atoms with E-state index in [0.717, 1.165) is 23.1 Å². The van der Waals surface area contributed by atoms with E-state index in [0.29, 0.717) is 6.54 Å². The third-order valence-electron chi connectivity index (χ3n) is 3.10. The van der Waals surface area contributed by atoms with Crippen molar-refractivity contribution in [1.82, 2.24) is 10.4 Å². The summed E-state index contributed by atoms with van der Waals surface area (Å²) in [5.41, 5.74) is 4.26. The Balaban J connectivity index is 1.82. The Morgan fingerprint density at radius 2 is 2.06 bits per heavy atom. The zero-order valence-electron chi connectivity index (χ0n) is 9.90. The van der Waals surface area contributed by atoms with Crippen LogP contribution in [0.25, 0.3) is 0 Å². The van der Waals surface area contributed by atoms with E-state index in [4.69, 9.17) is 0 Å². The molecule has 1 aliphatic rings. The number of nitrogens with zero attached hydrogens (tertiary/aromatic N) is 1. The van der Waals surface area contributed by atoms with Crippen molar-refractivity contribution < 1.29 is 5.11 Å².